The van der Waals surface area contributed by atoms with Crippen LogP contribution in [-0.4, -0.2) is 11.8 Å². The molecule has 0 radical (unpaired) electrons. The quantitative estimate of drug-likeness (QED) is 0.777. The van der Waals surface area contributed by atoms with E-state index in [0.29, 0.717) is 33.6 Å². The molecule has 0 aliphatic heterocycles. The molecule has 2 aromatic rings. The summed E-state index contributed by atoms with van der Waals surface area (Å²) in [5.41, 5.74) is 2.23. The van der Waals surface area contributed by atoms with Crippen LogP contribution in [0, 0.1) is 5.92 Å². The zero-order chi connectivity index (χ0) is 18.0. The Morgan fingerprint density at radius 3 is 2.76 bits per heavy atom. The molecule has 4 nitrogen and oxygen atoms in total. The van der Waals surface area contributed by atoms with Gasteiger partial charge < -0.3 is 10.6 Å². The van der Waals surface area contributed by atoms with Crippen LogP contribution in [0.2, 0.25) is 5.02 Å². The fourth-order valence-corrected chi connectivity index (χ4v) is 4.65. The van der Waals surface area contributed by atoms with Gasteiger partial charge in [0.05, 0.1) is 16.3 Å². The van der Waals surface area contributed by atoms with Gasteiger partial charge in [-0.25, -0.2) is 0 Å². The van der Waals surface area contributed by atoms with Crippen molar-refractivity contribution in [3.8, 4) is 0 Å². The number of hydrogen-bond donors (Lipinski definition) is 2. The molecule has 3 rings (SSSR count). The minimum absolute atomic E-state index is 0.0848. The summed E-state index contributed by atoms with van der Waals surface area (Å²) in [6.07, 6.45) is 3.25. The van der Waals surface area contributed by atoms with E-state index in [-0.39, 0.29) is 11.8 Å². The largest absolute Gasteiger partial charge is 0.321 e. The van der Waals surface area contributed by atoms with E-state index in [1.54, 1.807) is 19.1 Å². The van der Waals surface area contributed by atoms with E-state index in [4.69, 9.17) is 11.6 Å². The van der Waals surface area contributed by atoms with Crippen molar-refractivity contribution >= 4 is 45.4 Å². The molecular formula is C19H21ClN2O2S. The predicted molar refractivity (Wildman–Crippen MR) is 104 cm³/mol. The number of para-hydroxylation sites is 1. The lowest BCUT2D eigenvalue weighted by Gasteiger charge is -2.18. The Kier molecular flexibility index (Phi) is 5.45. The third-order valence-corrected chi connectivity index (χ3v) is 5.93. The first-order valence-electron chi connectivity index (χ1n) is 8.49. The molecule has 0 fully saturated rings. The summed E-state index contributed by atoms with van der Waals surface area (Å²) < 4.78 is 0. The zero-order valence-corrected chi connectivity index (χ0v) is 15.9. The predicted octanol–water partition coefficient (Wildman–Crippen LogP) is 5.13. The van der Waals surface area contributed by atoms with E-state index in [1.165, 1.54) is 16.2 Å². The molecule has 6 heteroatoms. The zero-order valence-electron chi connectivity index (χ0n) is 14.3. The molecule has 0 saturated carbocycles. The number of halogens is 1. The second-order valence-electron chi connectivity index (χ2n) is 6.39. The van der Waals surface area contributed by atoms with Crippen molar-refractivity contribution in [1.29, 1.82) is 0 Å². The number of amides is 2. The Labute approximate surface area is 156 Å². The standard InChI is InChI=1S/C19H21ClN2O2S/c1-3-16(23)22-19-17(12-9-8-11(2)10-15(12)25-19)18(24)21-14-7-5-4-6-13(14)20/h4-7,11H,3,8-10H2,1-2H3,(H,21,24)(H,22,23)/t11-/m0/s1. The van der Waals surface area contributed by atoms with Crippen molar-refractivity contribution < 1.29 is 9.59 Å². The van der Waals surface area contributed by atoms with Crippen molar-refractivity contribution in [2.45, 2.75) is 39.5 Å². The lowest BCUT2D eigenvalue weighted by atomic mass is 9.88. The Hall–Kier alpha value is -1.85. The van der Waals surface area contributed by atoms with Gasteiger partial charge in [0.15, 0.2) is 0 Å². The first-order chi connectivity index (χ1) is 12.0. The molecule has 25 heavy (non-hydrogen) atoms. The SMILES string of the molecule is CCC(=O)Nc1sc2c(c1C(=O)Nc1ccccc1Cl)CC[C@H](C)C2. The topological polar surface area (TPSA) is 58.2 Å². The number of benzene rings is 1. The molecule has 0 saturated heterocycles. The Morgan fingerprint density at radius 2 is 2.04 bits per heavy atom. The first-order valence-corrected chi connectivity index (χ1v) is 9.69. The van der Waals surface area contributed by atoms with Crippen LogP contribution >= 0.6 is 22.9 Å². The van der Waals surface area contributed by atoms with E-state index < -0.39 is 0 Å². The van der Waals surface area contributed by atoms with Crippen molar-refractivity contribution in [2.75, 3.05) is 10.6 Å². The molecule has 1 aromatic carbocycles. The van der Waals surface area contributed by atoms with Gasteiger partial charge in [0, 0.05) is 11.3 Å². The summed E-state index contributed by atoms with van der Waals surface area (Å²) in [5, 5.41) is 6.93. The normalized spacial score (nSPS) is 16.2. The van der Waals surface area contributed by atoms with Crippen LogP contribution in [0.3, 0.4) is 0 Å². The third kappa shape index (κ3) is 3.88. The summed E-state index contributed by atoms with van der Waals surface area (Å²) in [4.78, 5) is 26.0. The number of anilines is 2. The van der Waals surface area contributed by atoms with Crippen LogP contribution in [0.15, 0.2) is 24.3 Å². The number of carbonyl (C=O) groups is 2. The minimum atomic E-state index is -0.216. The van der Waals surface area contributed by atoms with Gasteiger partial charge in [0.25, 0.3) is 5.91 Å². The Morgan fingerprint density at radius 1 is 1.28 bits per heavy atom. The molecule has 132 valence electrons. The first kappa shape index (κ1) is 18.0. The van der Waals surface area contributed by atoms with Crippen LogP contribution in [0.5, 0.6) is 0 Å². The molecule has 0 spiro atoms. The number of thiophene rings is 1. The van der Waals surface area contributed by atoms with E-state index in [0.717, 1.165) is 24.8 Å². The fraction of sp³-hybridized carbons (Fsp3) is 0.368. The number of fused-ring (bicyclic) bond motifs is 1. The van der Waals surface area contributed by atoms with Gasteiger partial charge >= 0.3 is 0 Å². The fourth-order valence-electron chi connectivity index (χ4n) is 3.04. The molecule has 1 aliphatic rings. The van der Waals surface area contributed by atoms with Crippen LogP contribution < -0.4 is 10.6 Å². The maximum absolute atomic E-state index is 13.0. The highest BCUT2D eigenvalue weighted by Gasteiger charge is 2.28. The highest BCUT2D eigenvalue weighted by atomic mass is 35.5. The van der Waals surface area contributed by atoms with Gasteiger partial charge in [-0.1, -0.05) is 37.6 Å². The van der Waals surface area contributed by atoms with E-state index in [1.807, 2.05) is 12.1 Å². The summed E-state index contributed by atoms with van der Waals surface area (Å²) in [5.74, 6) is 0.297. The average Bonchev–Trinajstić information content (AvgIpc) is 2.93. The average molecular weight is 377 g/mol. The van der Waals surface area contributed by atoms with Gasteiger partial charge in [-0.3, -0.25) is 9.59 Å². The Bertz CT molecular complexity index is 816. The molecule has 2 N–H and O–H groups in total. The lowest BCUT2D eigenvalue weighted by Crippen LogP contribution is -2.19. The number of hydrogen-bond acceptors (Lipinski definition) is 3. The maximum Gasteiger partial charge on any atom is 0.258 e. The molecule has 0 unspecified atom stereocenters. The monoisotopic (exact) mass is 376 g/mol. The van der Waals surface area contributed by atoms with Crippen molar-refractivity contribution in [3.05, 3.63) is 45.3 Å². The molecule has 2 amide bonds. The van der Waals surface area contributed by atoms with Gasteiger partial charge in [-0.2, -0.15) is 0 Å². The van der Waals surface area contributed by atoms with Crippen LogP contribution in [0.4, 0.5) is 10.7 Å². The summed E-state index contributed by atoms with van der Waals surface area (Å²) in [7, 11) is 0. The van der Waals surface area contributed by atoms with Crippen molar-refractivity contribution in [3.63, 3.8) is 0 Å². The van der Waals surface area contributed by atoms with E-state index >= 15 is 0 Å². The van der Waals surface area contributed by atoms with Gasteiger partial charge in [0.1, 0.15) is 5.00 Å². The van der Waals surface area contributed by atoms with Gasteiger partial charge in [-0.15, -0.1) is 11.3 Å². The molecule has 1 heterocycles. The van der Waals surface area contributed by atoms with Crippen LogP contribution in [0.1, 0.15) is 47.5 Å². The Balaban J connectivity index is 1.96. The van der Waals surface area contributed by atoms with E-state index in [2.05, 4.69) is 17.6 Å². The van der Waals surface area contributed by atoms with Crippen molar-refractivity contribution in [1.82, 2.24) is 0 Å². The second-order valence-corrected chi connectivity index (χ2v) is 7.90. The highest BCUT2D eigenvalue weighted by Crippen LogP contribution is 2.40. The maximum atomic E-state index is 13.0. The number of nitrogens with one attached hydrogen (secondary N) is 2. The minimum Gasteiger partial charge on any atom is -0.321 e. The smallest absolute Gasteiger partial charge is 0.258 e. The molecule has 0 bridgehead atoms. The van der Waals surface area contributed by atoms with Gasteiger partial charge in [0.2, 0.25) is 5.91 Å². The van der Waals surface area contributed by atoms with Crippen LogP contribution in [-0.2, 0) is 17.6 Å². The molecular weight excluding hydrogens is 356 g/mol. The summed E-state index contributed by atoms with van der Waals surface area (Å²) >= 11 is 7.68. The number of carbonyl (C=O) groups excluding carboxylic acids is 2. The highest BCUT2D eigenvalue weighted by molar-refractivity contribution is 7.17. The molecule has 1 aromatic heterocycles. The summed E-state index contributed by atoms with van der Waals surface area (Å²) in [6, 6.07) is 7.15. The number of rotatable bonds is 4. The second kappa shape index (κ2) is 7.58. The molecule has 1 atom stereocenters. The lowest BCUT2D eigenvalue weighted by molar-refractivity contribution is -0.115. The van der Waals surface area contributed by atoms with Crippen molar-refractivity contribution in [2.24, 2.45) is 5.92 Å². The van der Waals surface area contributed by atoms with Gasteiger partial charge in [-0.05, 0) is 42.9 Å². The third-order valence-electron chi connectivity index (χ3n) is 4.43. The van der Waals surface area contributed by atoms with E-state index in [9.17, 15) is 9.59 Å². The molecule has 1 aliphatic carbocycles. The van der Waals surface area contributed by atoms with Crippen LogP contribution in [0.25, 0.3) is 0 Å². The summed E-state index contributed by atoms with van der Waals surface area (Å²) in [6.45, 7) is 4.02.